The van der Waals surface area contributed by atoms with Crippen LogP contribution >= 0.6 is 0 Å². The van der Waals surface area contributed by atoms with Crippen LogP contribution in [0.1, 0.15) is 24.0 Å². The molecule has 2 aromatic rings. The average molecular weight is 364 g/mol. The molecule has 0 fully saturated rings. The van der Waals surface area contributed by atoms with Crippen LogP contribution in [0.4, 0.5) is 18.9 Å². The molecule has 0 heterocycles. The Balaban J connectivity index is 1.77. The fraction of sp³-hybridized carbons (Fsp3) is 0.263. The molecule has 0 aromatic heterocycles. The number of aryl methyl sites for hydroxylation is 1. The van der Waals surface area contributed by atoms with Crippen LogP contribution in [-0.2, 0) is 22.2 Å². The first-order valence-corrected chi connectivity index (χ1v) is 8.17. The first-order chi connectivity index (χ1) is 12.4. The summed E-state index contributed by atoms with van der Waals surface area (Å²) in [6.45, 7) is 0.278. The summed E-state index contributed by atoms with van der Waals surface area (Å²) < 4.78 is 38.6. The summed E-state index contributed by atoms with van der Waals surface area (Å²) in [5.74, 6) is -2.08. The molecule has 138 valence electrons. The van der Waals surface area contributed by atoms with Crippen LogP contribution in [0.25, 0.3) is 0 Å². The lowest BCUT2D eigenvalue weighted by atomic mass is 10.1. The Morgan fingerprint density at radius 1 is 0.846 bits per heavy atom. The van der Waals surface area contributed by atoms with E-state index in [1.165, 1.54) is 17.7 Å². The third-order valence-corrected chi connectivity index (χ3v) is 3.71. The Morgan fingerprint density at radius 3 is 2.19 bits per heavy atom. The van der Waals surface area contributed by atoms with Crippen molar-refractivity contribution in [1.29, 1.82) is 0 Å². The lowest BCUT2D eigenvalue weighted by Gasteiger charge is -2.13. The Hall–Kier alpha value is -2.83. The number of hydrogen-bond acceptors (Lipinski definition) is 2. The van der Waals surface area contributed by atoms with Gasteiger partial charge in [0.15, 0.2) is 0 Å². The molecular formula is C19H19F3N2O2. The van der Waals surface area contributed by atoms with Crippen molar-refractivity contribution in [3.8, 4) is 0 Å². The van der Waals surface area contributed by atoms with Crippen LogP contribution in [0.2, 0.25) is 0 Å². The van der Waals surface area contributed by atoms with Crippen molar-refractivity contribution in [3.05, 3.63) is 65.7 Å². The second kappa shape index (κ2) is 9.03. The Bertz CT molecular complexity index is 746. The number of hydrogen-bond donors (Lipinski definition) is 2. The van der Waals surface area contributed by atoms with Gasteiger partial charge in [-0.15, -0.1) is 0 Å². The minimum atomic E-state index is -4.61. The standard InChI is InChI=1S/C19H19F3N2O2/c20-19(21,22)15-11-4-5-12-16(15)24-18(26)17(25)23-13-7-6-10-14-8-2-1-3-9-14/h1-5,8-9,11-12H,6-7,10,13H2,(H,23,25)(H,24,26). The molecule has 0 aliphatic carbocycles. The number of halogens is 3. The van der Waals surface area contributed by atoms with Gasteiger partial charge in [-0.25, -0.2) is 0 Å². The van der Waals surface area contributed by atoms with Gasteiger partial charge in [0, 0.05) is 6.54 Å². The molecule has 2 amide bonds. The number of rotatable bonds is 6. The first kappa shape index (κ1) is 19.5. The number of para-hydroxylation sites is 1. The predicted octanol–water partition coefficient (Wildman–Crippen LogP) is 3.78. The van der Waals surface area contributed by atoms with Gasteiger partial charge < -0.3 is 10.6 Å². The molecular weight excluding hydrogens is 345 g/mol. The number of nitrogens with one attached hydrogen (secondary N) is 2. The number of benzene rings is 2. The van der Waals surface area contributed by atoms with E-state index < -0.39 is 29.2 Å². The smallest absolute Gasteiger partial charge is 0.348 e. The van der Waals surface area contributed by atoms with Gasteiger partial charge in [0.2, 0.25) is 0 Å². The van der Waals surface area contributed by atoms with E-state index in [-0.39, 0.29) is 6.54 Å². The molecule has 26 heavy (non-hydrogen) atoms. The van der Waals surface area contributed by atoms with Gasteiger partial charge in [-0.3, -0.25) is 9.59 Å². The molecule has 0 aliphatic rings. The van der Waals surface area contributed by atoms with E-state index in [9.17, 15) is 22.8 Å². The summed E-state index contributed by atoms with van der Waals surface area (Å²) >= 11 is 0. The van der Waals surface area contributed by atoms with E-state index in [2.05, 4.69) is 5.32 Å². The fourth-order valence-corrected chi connectivity index (χ4v) is 2.40. The van der Waals surface area contributed by atoms with Crippen LogP contribution < -0.4 is 10.6 Å². The number of unbranched alkanes of at least 4 members (excludes halogenated alkanes) is 1. The third-order valence-electron chi connectivity index (χ3n) is 3.71. The summed E-state index contributed by atoms with van der Waals surface area (Å²) in [5, 5.41) is 4.43. The van der Waals surface area contributed by atoms with Crippen LogP contribution in [0.5, 0.6) is 0 Å². The summed E-state index contributed by atoms with van der Waals surface area (Å²) in [6.07, 6.45) is -2.28. The molecule has 0 atom stereocenters. The monoisotopic (exact) mass is 364 g/mol. The van der Waals surface area contributed by atoms with Gasteiger partial charge in [-0.2, -0.15) is 13.2 Å². The molecule has 2 N–H and O–H groups in total. The topological polar surface area (TPSA) is 58.2 Å². The van der Waals surface area contributed by atoms with Crippen LogP contribution in [0.3, 0.4) is 0 Å². The number of anilines is 1. The lowest BCUT2D eigenvalue weighted by molar-refractivity contribution is -0.138. The van der Waals surface area contributed by atoms with E-state index in [1.807, 2.05) is 35.6 Å². The van der Waals surface area contributed by atoms with Crippen molar-refractivity contribution in [2.45, 2.75) is 25.4 Å². The summed E-state index contributed by atoms with van der Waals surface area (Å²) in [5.41, 5.74) is -0.256. The van der Waals surface area contributed by atoms with Gasteiger partial charge in [0.1, 0.15) is 0 Å². The molecule has 0 saturated heterocycles. The van der Waals surface area contributed by atoms with Crippen molar-refractivity contribution < 1.29 is 22.8 Å². The Morgan fingerprint density at radius 2 is 1.50 bits per heavy atom. The van der Waals surface area contributed by atoms with Crippen molar-refractivity contribution in [3.63, 3.8) is 0 Å². The average Bonchev–Trinajstić information content (AvgIpc) is 2.61. The van der Waals surface area contributed by atoms with E-state index in [0.29, 0.717) is 6.42 Å². The van der Waals surface area contributed by atoms with Gasteiger partial charge in [-0.05, 0) is 37.0 Å². The normalized spacial score (nSPS) is 11.0. The fourth-order valence-electron chi connectivity index (χ4n) is 2.40. The van der Waals surface area contributed by atoms with Gasteiger partial charge in [-0.1, -0.05) is 42.5 Å². The number of amides is 2. The molecule has 2 aromatic carbocycles. The summed E-state index contributed by atoms with van der Waals surface area (Å²) in [7, 11) is 0. The highest BCUT2D eigenvalue weighted by atomic mass is 19.4. The van der Waals surface area contributed by atoms with Crippen molar-refractivity contribution in [2.75, 3.05) is 11.9 Å². The van der Waals surface area contributed by atoms with Crippen LogP contribution in [0.15, 0.2) is 54.6 Å². The molecule has 2 rings (SSSR count). The minimum absolute atomic E-state index is 0.278. The second-order valence-corrected chi connectivity index (χ2v) is 5.70. The van der Waals surface area contributed by atoms with Gasteiger partial charge in [0.25, 0.3) is 0 Å². The predicted molar refractivity (Wildman–Crippen MR) is 92.5 cm³/mol. The summed E-state index contributed by atoms with van der Waals surface area (Å²) in [6, 6.07) is 14.3. The molecule has 0 unspecified atom stereocenters. The minimum Gasteiger partial charge on any atom is -0.348 e. The number of alkyl halides is 3. The van der Waals surface area contributed by atoms with E-state index in [0.717, 1.165) is 25.0 Å². The largest absolute Gasteiger partial charge is 0.418 e. The summed E-state index contributed by atoms with van der Waals surface area (Å²) in [4.78, 5) is 23.5. The molecule has 0 radical (unpaired) electrons. The molecule has 0 aliphatic heterocycles. The van der Waals surface area contributed by atoms with E-state index >= 15 is 0 Å². The highest BCUT2D eigenvalue weighted by Gasteiger charge is 2.33. The zero-order valence-corrected chi connectivity index (χ0v) is 14.0. The maximum Gasteiger partial charge on any atom is 0.418 e. The Labute approximate surface area is 149 Å². The van der Waals surface area contributed by atoms with Crippen molar-refractivity contribution in [2.24, 2.45) is 0 Å². The first-order valence-electron chi connectivity index (χ1n) is 8.17. The van der Waals surface area contributed by atoms with E-state index in [4.69, 9.17) is 0 Å². The van der Waals surface area contributed by atoms with Gasteiger partial charge >= 0.3 is 18.0 Å². The van der Waals surface area contributed by atoms with Crippen molar-refractivity contribution in [1.82, 2.24) is 5.32 Å². The molecule has 0 bridgehead atoms. The van der Waals surface area contributed by atoms with E-state index in [1.54, 1.807) is 0 Å². The molecule has 0 spiro atoms. The maximum atomic E-state index is 12.9. The van der Waals surface area contributed by atoms with Crippen molar-refractivity contribution >= 4 is 17.5 Å². The quantitative estimate of drug-likeness (QED) is 0.605. The molecule has 0 saturated carbocycles. The third kappa shape index (κ3) is 5.91. The van der Waals surface area contributed by atoms with Crippen LogP contribution in [0, 0.1) is 0 Å². The lowest BCUT2D eigenvalue weighted by Crippen LogP contribution is -2.36. The highest BCUT2D eigenvalue weighted by molar-refractivity contribution is 6.39. The highest BCUT2D eigenvalue weighted by Crippen LogP contribution is 2.34. The number of carbonyl (C=O) groups is 2. The molecule has 4 nitrogen and oxygen atoms in total. The maximum absolute atomic E-state index is 12.9. The zero-order valence-electron chi connectivity index (χ0n) is 14.0. The SMILES string of the molecule is O=C(NCCCCc1ccccc1)C(=O)Nc1ccccc1C(F)(F)F. The number of carbonyl (C=O) groups excluding carboxylic acids is 2. The Kier molecular flexibility index (Phi) is 6.77. The van der Waals surface area contributed by atoms with Crippen LogP contribution in [-0.4, -0.2) is 18.4 Å². The zero-order chi connectivity index (χ0) is 19.0. The second-order valence-electron chi connectivity index (χ2n) is 5.70. The molecule has 7 heteroatoms. The van der Waals surface area contributed by atoms with Gasteiger partial charge in [0.05, 0.1) is 11.3 Å².